The Hall–Kier alpha value is -1.50. The van der Waals surface area contributed by atoms with Gasteiger partial charge < -0.3 is 9.47 Å². The summed E-state index contributed by atoms with van der Waals surface area (Å²) < 4.78 is 9.49. The third-order valence-electron chi connectivity index (χ3n) is 1.77. The second kappa shape index (κ2) is 6.03. The summed E-state index contributed by atoms with van der Waals surface area (Å²) in [5.74, 6) is 2.80. The van der Waals surface area contributed by atoms with E-state index in [1.165, 1.54) is 0 Å². The Bertz CT molecular complexity index is 246. The molecule has 1 aliphatic rings. The minimum atomic E-state index is -0.664. The molecular formula is C10H12O4. The molecule has 1 heterocycles. The van der Waals surface area contributed by atoms with E-state index in [1.54, 1.807) is 0 Å². The largest absolute Gasteiger partial charge is 0.456 e. The fraction of sp³-hybridized carbons (Fsp3) is 0.600. The van der Waals surface area contributed by atoms with Gasteiger partial charge in [-0.2, -0.15) is 0 Å². The lowest BCUT2D eigenvalue weighted by molar-refractivity contribution is -0.139. The van der Waals surface area contributed by atoms with Gasteiger partial charge in [0.15, 0.2) is 0 Å². The Morgan fingerprint density at radius 1 is 0.786 bits per heavy atom. The highest BCUT2D eigenvalue weighted by molar-refractivity contribution is 5.98. The monoisotopic (exact) mass is 196 g/mol. The molecule has 0 aromatic heterocycles. The molecule has 0 radical (unpaired) electrons. The number of cyclic esters (lactones) is 2. The maximum absolute atomic E-state index is 10.8. The van der Waals surface area contributed by atoms with Crippen LogP contribution in [0, 0.1) is 11.8 Å². The number of esters is 2. The van der Waals surface area contributed by atoms with Crippen molar-refractivity contribution in [3.05, 3.63) is 0 Å². The molecule has 0 bridgehead atoms. The summed E-state index contributed by atoms with van der Waals surface area (Å²) in [4.78, 5) is 21.7. The van der Waals surface area contributed by atoms with E-state index in [9.17, 15) is 9.59 Å². The Morgan fingerprint density at radius 2 is 1.21 bits per heavy atom. The van der Waals surface area contributed by atoms with Crippen LogP contribution in [0.15, 0.2) is 0 Å². The maximum atomic E-state index is 10.8. The van der Waals surface area contributed by atoms with Crippen LogP contribution in [0.25, 0.3) is 0 Å². The topological polar surface area (TPSA) is 52.6 Å². The second-order valence-electron chi connectivity index (χ2n) is 2.94. The molecule has 0 aromatic carbocycles. The summed E-state index contributed by atoms with van der Waals surface area (Å²) in [7, 11) is 0. The van der Waals surface area contributed by atoms with Crippen molar-refractivity contribution in [3.63, 3.8) is 0 Å². The van der Waals surface area contributed by atoms with Gasteiger partial charge in [-0.1, -0.05) is 0 Å². The quantitative estimate of drug-likeness (QED) is 0.324. The minimum absolute atomic E-state index is 0.378. The van der Waals surface area contributed by atoms with Crippen molar-refractivity contribution < 1.29 is 19.1 Å². The van der Waals surface area contributed by atoms with Crippen LogP contribution >= 0.6 is 0 Å². The third-order valence-corrected chi connectivity index (χ3v) is 1.77. The predicted octanol–water partition coefficient (Wildman–Crippen LogP) is 0.650. The van der Waals surface area contributed by atoms with E-state index >= 15 is 0 Å². The van der Waals surface area contributed by atoms with Crippen molar-refractivity contribution in [3.8, 4) is 11.8 Å². The molecule has 0 spiro atoms. The first-order chi connectivity index (χ1) is 6.79. The molecule has 0 atom stereocenters. The lowest BCUT2D eigenvalue weighted by Crippen LogP contribution is -2.08. The molecule has 0 unspecified atom stereocenters. The van der Waals surface area contributed by atoms with E-state index in [-0.39, 0.29) is 0 Å². The van der Waals surface area contributed by atoms with Gasteiger partial charge in [-0.15, -0.1) is 0 Å². The van der Waals surface area contributed by atoms with Crippen LogP contribution in [0.3, 0.4) is 0 Å². The highest BCUT2D eigenvalue weighted by Crippen LogP contribution is 2.01. The molecule has 0 fully saturated rings. The van der Waals surface area contributed by atoms with Gasteiger partial charge in [-0.3, -0.25) is 0 Å². The van der Waals surface area contributed by atoms with Gasteiger partial charge in [0.2, 0.25) is 0 Å². The molecular weight excluding hydrogens is 184 g/mol. The molecule has 1 aliphatic heterocycles. The fourth-order valence-corrected chi connectivity index (χ4v) is 1.06. The molecule has 0 amide bonds. The van der Waals surface area contributed by atoms with Crippen molar-refractivity contribution in [2.45, 2.75) is 25.7 Å². The van der Waals surface area contributed by atoms with Gasteiger partial charge in [0, 0.05) is 11.8 Å². The molecule has 0 aliphatic carbocycles. The summed E-state index contributed by atoms with van der Waals surface area (Å²) in [5.41, 5.74) is 0. The molecule has 14 heavy (non-hydrogen) atoms. The smallest absolute Gasteiger partial charge is 0.384 e. The van der Waals surface area contributed by atoms with Gasteiger partial charge >= 0.3 is 11.9 Å². The Balaban J connectivity index is 2.47. The first kappa shape index (κ1) is 10.6. The number of carbonyl (C=O) groups is 2. The number of hydrogen-bond donors (Lipinski definition) is 0. The zero-order valence-electron chi connectivity index (χ0n) is 7.88. The van der Waals surface area contributed by atoms with Crippen LogP contribution in [0.1, 0.15) is 25.7 Å². The van der Waals surface area contributed by atoms with Crippen LogP contribution < -0.4 is 0 Å². The van der Waals surface area contributed by atoms with E-state index in [4.69, 9.17) is 9.47 Å². The van der Waals surface area contributed by atoms with Crippen LogP contribution in [-0.2, 0) is 19.1 Å². The van der Waals surface area contributed by atoms with E-state index in [0.29, 0.717) is 13.2 Å². The highest BCUT2D eigenvalue weighted by Gasteiger charge is 2.02. The van der Waals surface area contributed by atoms with Crippen LogP contribution in [0.5, 0.6) is 0 Å². The van der Waals surface area contributed by atoms with Crippen LogP contribution in [-0.4, -0.2) is 25.2 Å². The van der Waals surface area contributed by atoms with Crippen molar-refractivity contribution >= 4 is 11.9 Å². The zero-order valence-corrected chi connectivity index (χ0v) is 7.88. The first-order valence-corrected chi connectivity index (χ1v) is 4.64. The van der Waals surface area contributed by atoms with E-state index in [2.05, 4.69) is 11.8 Å². The minimum Gasteiger partial charge on any atom is -0.456 e. The second-order valence-corrected chi connectivity index (χ2v) is 2.94. The van der Waals surface area contributed by atoms with Gasteiger partial charge in [0.25, 0.3) is 0 Å². The van der Waals surface area contributed by atoms with E-state index < -0.39 is 11.9 Å². The third kappa shape index (κ3) is 4.51. The van der Waals surface area contributed by atoms with E-state index in [1.807, 2.05) is 0 Å². The standard InChI is InChI=1S/C10H12O4/c11-9-5-6-10(12)14-8-4-2-1-3-7-13-9/h1-4,7-8H2. The van der Waals surface area contributed by atoms with Gasteiger partial charge in [0.05, 0.1) is 13.2 Å². The van der Waals surface area contributed by atoms with Crippen molar-refractivity contribution in [2.24, 2.45) is 0 Å². The van der Waals surface area contributed by atoms with Crippen LogP contribution in [0.2, 0.25) is 0 Å². The van der Waals surface area contributed by atoms with E-state index in [0.717, 1.165) is 25.7 Å². The average Bonchev–Trinajstić information content (AvgIpc) is 2.17. The SMILES string of the molecule is O=C1C#CC(=O)OCCCCCCO1. The molecule has 4 heteroatoms. The summed E-state index contributed by atoms with van der Waals surface area (Å²) in [5, 5.41) is 0. The number of ether oxygens (including phenoxy) is 2. The molecule has 1 rings (SSSR count). The van der Waals surface area contributed by atoms with Gasteiger partial charge in [-0.25, -0.2) is 9.59 Å². The Labute approximate surface area is 82.6 Å². The van der Waals surface area contributed by atoms with Crippen molar-refractivity contribution in [2.75, 3.05) is 13.2 Å². The summed E-state index contributed by atoms with van der Waals surface area (Å²) >= 11 is 0. The van der Waals surface area contributed by atoms with Crippen molar-refractivity contribution in [1.82, 2.24) is 0 Å². The molecule has 0 N–H and O–H groups in total. The Morgan fingerprint density at radius 3 is 1.64 bits per heavy atom. The normalized spacial score (nSPS) is 19.1. The molecule has 4 nitrogen and oxygen atoms in total. The fourth-order valence-electron chi connectivity index (χ4n) is 1.06. The predicted molar refractivity (Wildman–Crippen MR) is 48.2 cm³/mol. The summed E-state index contributed by atoms with van der Waals surface area (Å²) in [6.07, 6.45) is 3.61. The maximum Gasteiger partial charge on any atom is 0.384 e. The average molecular weight is 196 g/mol. The molecule has 0 saturated carbocycles. The van der Waals surface area contributed by atoms with Crippen LogP contribution in [0.4, 0.5) is 0 Å². The van der Waals surface area contributed by atoms with Gasteiger partial charge in [-0.05, 0) is 25.7 Å². The number of rotatable bonds is 0. The number of hydrogen-bond acceptors (Lipinski definition) is 4. The lowest BCUT2D eigenvalue weighted by atomic mass is 10.2. The Kier molecular flexibility index (Phi) is 4.56. The first-order valence-electron chi connectivity index (χ1n) is 4.64. The number of carbonyl (C=O) groups excluding carboxylic acids is 2. The summed E-state index contributed by atoms with van der Waals surface area (Å²) in [6.45, 7) is 0.755. The molecule has 0 aromatic rings. The molecule has 0 saturated heterocycles. The van der Waals surface area contributed by atoms with Crippen molar-refractivity contribution in [1.29, 1.82) is 0 Å². The lowest BCUT2D eigenvalue weighted by Gasteiger charge is -2.03. The zero-order chi connectivity index (χ0) is 10.2. The summed E-state index contributed by atoms with van der Waals surface area (Å²) in [6, 6.07) is 0. The highest BCUT2D eigenvalue weighted by atomic mass is 16.5. The molecule has 76 valence electrons. The van der Waals surface area contributed by atoms with Gasteiger partial charge in [0.1, 0.15) is 0 Å².